The highest BCUT2D eigenvalue weighted by Gasteiger charge is 2.20. The van der Waals surface area contributed by atoms with Crippen molar-refractivity contribution in [1.29, 1.82) is 0 Å². The number of amides is 1. The fourth-order valence-electron chi connectivity index (χ4n) is 11.3. The van der Waals surface area contributed by atoms with Crippen molar-refractivity contribution in [1.82, 2.24) is 5.32 Å². The second-order valence-electron chi connectivity index (χ2n) is 24.6. The van der Waals surface area contributed by atoms with Gasteiger partial charge < -0.3 is 20.3 Å². The van der Waals surface area contributed by atoms with Gasteiger partial charge in [-0.05, 0) is 57.8 Å². The standard InChI is InChI=1S/C72H139NO5/c1-3-5-7-9-11-13-15-17-19-20-30-34-38-42-46-50-54-58-62-66-72(77)78-67-63-59-55-51-47-43-39-35-32-29-27-25-23-21-22-24-26-28-31-33-37-41-45-49-53-57-61-65-71(76)73-69(68-74)70(75)64-60-56-52-48-44-40-36-18-16-14-12-10-8-6-4-2/h21-22,25,27,69-70,74-75H,3-20,23-24,26,28-68H2,1-2H3,(H,73,76)/b22-21-,27-25-. The number of esters is 1. The average Bonchev–Trinajstić information content (AvgIpc) is 3.44. The summed E-state index contributed by atoms with van der Waals surface area (Å²) in [5, 5.41) is 23.3. The van der Waals surface area contributed by atoms with Crippen LogP contribution in [0.3, 0.4) is 0 Å². The number of hydrogen-bond acceptors (Lipinski definition) is 5. The highest BCUT2D eigenvalue weighted by atomic mass is 16.5. The van der Waals surface area contributed by atoms with Crippen LogP contribution in [0.2, 0.25) is 0 Å². The molecule has 78 heavy (non-hydrogen) atoms. The van der Waals surface area contributed by atoms with Crippen LogP contribution in [-0.4, -0.2) is 47.4 Å². The van der Waals surface area contributed by atoms with Gasteiger partial charge >= 0.3 is 5.97 Å². The quantitative estimate of drug-likeness (QED) is 0.0320. The van der Waals surface area contributed by atoms with Crippen molar-refractivity contribution in [2.24, 2.45) is 0 Å². The minimum Gasteiger partial charge on any atom is -0.466 e. The van der Waals surface area contributed by atoms with Crippen molar-refractivity contribution in [2.45, 2.75) is 411 Å². The lowest BCUT2D eigenvalue weighted by Crippen LogP contribution is -2.45. The maximum Gasteiger partial charge on any atom is 0.305 e. The summed E-state index contributed by atoms with van der Waals surface area (Å²) in [6, 6.07) is -0.544. The van der Waals surface area contributed by atoms with Gasteiger partial charge in [-0.1, -0.05) is 353 Å². The number of carbonyl (C=O) groups is 2. The zero-order chi connectivity index (χ0) is 56.4. The molecule has 0 aliphatic carbocycles. The number of unbranched alkanes of at least 4 members (excludes halogenated alkanes) is 52. The summed E-state index contributed by atoms with van der Waals surface area (Å²) < 4.78 is 5.51. The Kier molecular flexibility index (Phi) is 66.4. The van der Waals surface area contributed by atoms with Gasteiger partial charge in [0, 0.05) is 12.8 Å². The topological polar surface area (TPSA) is 95.9 Å². The van der Waals surface area contributed by atoms with E-state index in [4.69, 9.17) is 4.74 Å². The molecule has 0 spiro atoms. The van der Waals surface area contributed by atoms with Crippen LogP contribution in [-0.2, 0) is 14.3 Å². The van der Waals surface area contributed by atoms with E-state index in [0.29, 0.717) is 25.9 Å². The summed E-state index contributed by atoms with van der Waals surface area (Å²) in [6.45, 7) is 4.99. The summed E-state index contributed by atoms with van der Waals surface area (Å²) >= 11 is 0. The number of ether oxygens (including phenoxy) is 1. The molecule has 0 aromatic rings. The van der Waals surface area contributed by atoms with Gasteiger partial charge in [-0.3, -0.25) is 9.59 Å². The lowest BCUT2D eigenvalue weighted by atomic mass is 10.0. The largest absolute Gasteiger partial charge is 0.466 e. The number of carbonyl (C=O) groups excluding carboxylic acids is 2. The molecule has 0 aromatic carbocycles. The minimum atomic E-state index is -0.666. The summed E-state index contributed by atoms with van der Waals surface area (Å²) in [6.07, 6.45) is 85.1. The Bertz CT molecular complexity index is 1220. The Hall–Kier alpha value is -1.66. The Morgan fingerprint density at radius 1 is 0.359 bits per heavy atom. The van der Waals surface area contributed by atoms with Crippen LogP contribution in [0.1, 0.15) is 399 Å². The molecular formula is C72H139NO5. The molecule has 0 radical (unpaired) electrons. The van der Waals surface area contributed by atoms with E-state index in [1.54, 1.807) is 0 Å². The first kappa shape index (κ1) is 76.3. The molecule has 2 atom stereocenters. The number of allylic oxidation sites excluding steroid dienone is 4. The SMILES string of the molecule is CCCCCCCCCCCCCCCCCCCCCC(=O)OCCCCCCCCCCC/C=C\C/C=C\CCCCCCCCCCCCCC(=O)NC(CO)C(O)CCCCCCCCCCCCCCCCC. The van der Waals surface area contributed by atoms with Crippen molar-refractivity contribution >= 4 is 11.9 Å². The second-order valence-corrected chi connectivity index (χ2v) is 24.6. The van der Waals surface area contributed by atoms with E-state index in [2.05, 4.69) is 43.5 Å². The van der Waals surface area contributed by atoms with Crippen LogP contribution >= 0.6 is 0 Å². The first-order valence-electron chi connectivity index (χ1n) is 35.6. The Morgan fingerprint density at radius 2 is 0.641 bits per heavy atom. The fourth-order valence-corrected chi connectivity index (χ4v) is 11.3. The van der Waals surface area contributed by atoms with Gasteiger partial charge in [0.2, 0.25) is 5.91 Å². The molecule has 6 heteroatoms. The van der Waals surface area contributed by atoms with E-state index in [9.17, 15) is 19.8 Å². The minimum absolute atomic E-state index is 0.0162. The van der Waals surface area contributed by atoms with Crippen LogP contribution in [0.15, 0.2) is 24.3 Å². The molecule has 0 saturated carbocycles. The number of aliphatic hydroxyl groups excluding tert-OH is 2. The Balaban J connectivity index is 3.38. The van der Waals surface area contributed by atoms with Crippen LogP contribution in [0.25, 0.3) is 0 Å². The molecule has 1 amide bonds. The van der Waals surface area contributed by atoms with Crippen molar-refractivity contribution < 1.29 is 24.5 Å². The highest BCUT2D eigenvalue weighted by molar-refractivity contribution is 5.76. The van der Waals surface area contributed by atoms with E-state index in [-0.39, 0.29) is 18.5 Å². The first-order chi connectivity index (χ1) is 38.5. The lowest BCUT2D eigenvalue weighted by molar-refractivity contribution is -0.143. The summed E-state index contributed by atoms with van der Waals surface area (Å²) in [5.41, 5.74) is 0. The average molecular weight is 1100 g/mol. The predicted octanol–water partition coefficient (Wildman–Crippen LogP) is 22.9. The van der Waals surface area contributed by atoms with Gasteiger partial charge in [-0.2, -0.15) is 0 Å². The molecule has 0 rings (SSSR count). The summed E-state index contributed by atoms with van der Waals surface area (Å²) in [7, 11) is 0. The van der Waals surface area contributed by atoms with Gasteiger partial charge in [0.05, 0.1) is 25.4 Å². The Morgan fingerprint density at radius 3 is 0.974 bits per heavy atom. The van der Waals surface area contributed by atoms with E-state index in [1.165, 1.54) is 321 Å². The second kappa shape index (κ2) is 67.8. The van der Waals surface area contributed by atoms with Crippen molar-refractivity contribution in [3.05, 3.63) is 24.3 Å². The van der Waals surface area contributed by atoms with Gasteiger partial charge in [0.25, 0.3) is 0 Å². The smallest absolute Gasteiger partial charge is 0.305 e. The number of nitrogens with one attached hydrogen (secondary N) is 1. The molecule has 0 heterocycles. The molecule has 0 bridgehead atoms. The van der Waals surface area contributed by atoms with Crippen LogP contribution in [0.4, 0.5) is 0 Å². The molecule has 0 aliphatic heterocycles. The third kappa shape index (κ3) is 63.5. The van der Waals surface area contributed by atoms with Crippen LogP contribution in [0, 0.1) is 0 Å². The highest BCUT2D eigenvalue weighted by Crippen LogP contribution is 2.19. The lowest BCUT2D eigenvalue weighted by Gasteiger charge is -2.22. The maximum absolute atomic E-state index is 12.5. The zero-order valence-corrected chi connectivity index (χ0v) is 52.9. The predicted molar refractivity (Wildman–Crippen MR) is 343 cm³/mol. The van der Waals surface area contributed by atoms with Crippen LogP contribution in [0.5, 0.6) is 0 Å². The molecule has 6 nitrogen and oxygen atoms in total. The van der Waals surface area contributed by atoms with E-state index in [1.807, 2.05) is 0 Å². The van der Waals surface area contributed by atoms with E-state index >= 15 is 0 Å². The van der Waals surface area contributed by atoms with Crippen molar-refractivity contribution in [2.75, 3.05) is 13.2 Å². The van der Waals surface area contributed by atoms with Crippen molar-refractivity contribution in [3.8, 4) is 0 Å². The number of aliphatic hydroxyl groups is 2. The van der Waals surface area contributed by atoms with Gasteiger partial charge in [-0.15, -0.1) is 0 Å². The van der Waals surface area contributed by atoms with Crippen LogP contribution < -0.4 is 5.32 Å². The molecule has 0 aromatic heterocycles. The number of rotatable bonds is 67. The monoisotopic (exact) mass is 1100 g/mol. The molecule has 0 fully saturated rings. The van der Waals surface area contributed by atoms with Gasteiger partial charge in [-0.25, -0.2) is 0 Å². The summed E-state index contributed by atoms with van der Waals surface area (Å²) in [4.78, 5) is 24.6. The fraction of sp³-hybridized carbons (Fsp3) is 0.917. The third-order valence-electron chi connectivity index (χ3n) is 16.8. The molecule has 0 aliphatic rings. The third-order valence-corrected chi connectivity index (χ3v) is 16.8. The van der Waals surface area contributed by atoms with E-state index < -0.39 is 12.1 Å². The molecule has 2 unspecified atom stereocenters. The Labute approximate surface area is 488 Å². The molecule has 462 valence electrons. The molecule has 0 saturated heterocycles. The number of hydrogen-bond donors (Lipinski definition) is 3. The van der Waals surface area contributed by atoms with E-state index in [0.717, 1.165) is 44.9 Å². The van der Waals surface area contributed by atoms with Crippen molar-refractivity contribution in [3.63, 3.8) is 0 Å². The maximum atomic E-state index is 12.5. The first-order valence-corrected chi connectivity index (χ1v) is 35.6. The summed E-state index contributed by atoms with van der Waals surface area (Å²) in [5.74, 6) is -0.0192. The molecule has 3 N–H and O–H groups in total. The zero-order valence-electron chi connectivity index (χ0n) is 52.9. The normalized spacial score (nSPS) is 12.6. The molecular weight excluding hydrogens is 959 g/mol. The van der Waals surface area contributed by atoms with Gasteiger partial charge in [0.15, 0.2) is 0 Å². The van der Waals surface area contributed by atoms with Gasteiger partial charge in [0.1, 0.15) is 0 Å².